The van der Waals surface area contributed by atoms with Gasteiger partial charge in [-0.15, -0.1) is 0 Å². The third-order valence-corrected chi connectivity index (χ3v) is 3.84. The van der Waals surface area contributed by atoms with E-state index in [0.717, 1.165) is 27.7 Å². The highest BCUT2D eigenvalue weighted by atomic mass is 16.2. The number of fused-ring (bicyclic) bond motifs is 1. The number of anilines is 2. The molecular weight excluding hydrogens is 276 g/mol. The Bertz CT molecular complexity index is 851. The number of aryl methyl sites for hydroxylation is 1. The minimum atomic E-state index is -0.110. The summed E-state index contributed by atoms with van der Waals surface area (Å²) in [5.74, 6) is -0.110. The number of nitrogens with two attached hydrogens (primary N) is 1. The molecule has 0 fully saturated rings. The van der Waals surface area contributed by atoms with Crippen LogP contribution in [0.1, 0.15) is 11.1 Å². The maximum absolute atomic E-state index is 12.3. The van der Waals surface area contributed by atoms with Crippen LogP contribution in [-0.4, -0.2) is 15.7 Å². The number of amides is 1. The molecule has 0 radical (unpaired) electrons. The maximum Gasteiger partial charge on any atom is 0.246 e. The van der Waals surface area contributed by atoms with Gasteiger partial charge in [0.05, 0.1) is 11.7 Å². The lowest BCUT2D eigenvalue weighted by Gasteiger charge is -2.10. The fourth-order valence-electron chi connectivity index (χ4n) is 2.43. The topological polar surface area (TPSA) is 72.9 Å². The monoisotopic (exact) mass is 294 g/mol. The normalized spacial score (nSPS) is 10.8. The van der Waals surface area contributed by atoms with Crippen LogP contribution in [0.3, 0.4) is 0 Å². The first kappa shape index (κ1) is 14.1. The lowest BCUT2D eigenvalue weighted by molar-refractivity contribution is -0.116. The van der Waals surface area contributed by atoms with E-state index < -0.39 is 0 Å². The van der Waals surface area contributed by atoms with Crippen molar-refractivity contribution in [1.82, 2.24) is 9.78 Å². The van der Waals surface area contributed by atoms with Gasteiger partial charge in [-0.25, -0.2) is 0 Å². The molecule has 112 valence electrons. The van der Waals surface area contributed by atoms with E-state index in [1.807, 2.05) is 50.2 Å². The van der Waals surface area contributed by atoms with Crippen LogP contribution in [0.4, 0.5) is 11.4 Å². The number of aromatic nitrogens is 2. The van der Waals surface area contributed by atoms with E-state index in [4.69, 9.17) is 5.73 Å². The highest BCUT2D eigenvalue weighted by Crippen LogP contribution is 2.19. The van der Waals surface area contributed by atoms with Crippen molar-refractivity contribution in [3.8, 4) is 0 Å². The molecule has 0 unspecified atom stereocenters. The van der Waals surface area contributed by atoms with Gasteiger partial charge in [-0.2, -0.15) is 5.10 Å². The minimum Gasteiger partial charge on any atom is -0.399 e. The standard InChI is InChI=1S/C17H18N4O/c1-11-4-3-5-15(12(11)2)20-17(22)10-21-16-8-14(18)7-6-13(16)9-19-21/h3-9H,10,18H2,1-2H3,(H,20,22). The molecule has 0 aliphatic carbocycles. The molecule has 5 heteroatoms. The zero-order valence-corrected chi connectivity index (χ0v) is 12.6. The molecule has 2 aromatic carbocycles. The first-order valence-corrected chi connectivity index (χ1v) is 7.12. The molecule has 0 spiro atoms. The van der Waals surface area contributed by atoms with Crippen molar-refractivity contribution in [2.45, 2.75) is 20.4 Å². The summed E-state index contributed by atoms with van der Waals surface area (Å²) in [5.41, 5.74) is 10.4. The molecule has 0 aliphatic rings. The third-order valence-electron chi connectivity index (χ3n) is 3.84. The smallest absolute Gasteiger partial charge is 0.246 e. The summed E-state index contributed by atoms with van der Waals surface area (Å²) < 4.78 is 1.66. The molecule has 5 nitrogen and oxygen atoms in total. The fourth-order valence-corrected chi connectivity index (χ4v) is 2.43. The van der Waals surface area contributed by atoms with Crippen LogP contribution >= 0.6 is 0 Å². The molecule has 0 aliphatic heterocycles. The van der Waals surface area contributed by atoms with Crippen LogP contribution in [0, 0.1) is 13.8 Å². The SMILES string of the molecule is Cc1cccc(NC(=O)Cn2ncc3ccc(N)cc32)c1C. The van der Waals surface area contributed by atoms with E-state index in [1.54, 1.807) is 10.9 Å². The van der Waals surface area contributed by atoms with Crippen LogP contribution < -0.4 is 11.1 Å². The summed E-state index contributed by atoms with van der Waals surface area (Å²) in [7, 11) is 0. The zero-order chi connectivity index (χ0) is 15.7. The second-order valence-corrected chi connectivity index (χ2v) is 5.42. The Morgan fingerprint density at radius 2 is 2.09 bits per heavy atom. The first-order valence-electron chi connectivity index (χ1n) is 7.12. The van der Waals surface area contributed by atoms with Gasteiger partial charge in [-0.05, 0) is 49.2 Å². The molecule has 1 heterocycles. The van der Waals surface area contributed by atoms with Gasteiger partial charge in [0.15, 0.2) is 0 Å². The molecule has 0 saturated heterocycles. The summed E-state index contributed by atoms with van der Waals surface area (Å²) >= 11 is 0. The van der Waals surface area contributed by atoms with Crippen molar-refractivity contribution >= 4 is 28.2 Å². The predicted molar refractivity (Wildman–Crippen MR) is 88.7 cm³/mol. The van der Waals surface area contributed by atoms with Gasteiger partial charge in [-0.1, -0.05) is 12.1 Å². The fraction of sp³-hybridized carbons (Fsp3) is 0.176. The Hall–Kier alpha value is -2.82. The number of hydrogen-bond acceptors (Lipinski definition) is 3. The van der Waals surface area contributed by atoms with Gasteiger partial charge in [0.25, 0.3) is 0 Å². The average Bonchev–Trinajstić information content (AvgIpc) is 2.86. The van der Waals surface area contributed by atoms with Crippen LogP contribution in [-0.2, 0) is 11.3 Å². The lowest BCUT2D eigenvalue weighted by atomic mass is 10.1. The highest BCUT2D eigenvalue weighted by Gasteiger charge is 2.10. The summed E-state index contributed by atoms with van der Waals surface area (Å²) in [6, 6.07) is 11.4. The predicted octanol–water partition coefficient (Wildman–Crippen LogP) is 2.87. The van der Waals surface area contributed by atoms with Crippen LogP contribution in [0.5, 0.6) is 0 Å². The molecule has 22 heavy (non-hydrogen) atoms. The quantitative estimate of drug-likeness (QED) is 0.729. The number of rotatable bonds is 3. The Morgan fingerprint density at radius 3 is 2.91 bits per heavy atom. The largest absolute Gasteiger partial charge is 0.399 e. The summed E-state index contributed by atoms with van der Waals surface area (Å²) in [6.45, 7) is 4.17. The van der Waals surface area contributed by atoms with Gasteiger partial charge < -0.3 is 11.1 Å². The van der Waals surface area contributed by atoms with E-state index in [2.05, 4.69) is 10.4 Å². The minimum absolute atomic E-state index is 0.110. The number of nitrogens with zero attached hydrogens (tertiary/aromatic N) is 2. The van der Waals surface area contributed by atoms with Crippen molar-refractivity contribution in [1.29, 1.82) is 0 Å². The third kappa shape index (κ3) is 2.65. The van der Waals surface area contributed by atoms with Gasteiger partial charge in [0, 0.05) is 16.8 Å². The lowest BCUT2D eigenvalue weighted by Crippen LogP contribution is -2.20. The van der Waals surface area contributed by atoms with E-state index in [9.17, 15) is 4.79 Å². The number of hydrogen-bond donors (Lipinski definition) is 2. The zero-order valence-electron chi connectivity index (χ0n) is 12.6. The molecule has 3 N–H and O–H groups in total. The van der Waals surface area contributed by atoms with Gasteiger partial charge in [-0.3, -0.25) is 9.48 Å². The molecular formula is C17H18N4O. The van der Waals surface area contributed by atoms with Crippen molar-refractivity contribution in [3.63, 3.8) is 0 Å². The summed E-state index contributed by atoms with van der Waals surface area (Å²) in [5, 5.41) is 8.16. The van der Waals surface area contributed by atoms with Gasteiger partial charge in [0.2, 0.25) is 5.91 Å². The Kier molecular flexibility index (Phi) is 3.55. The first-order chi connectivity index (χ1) is 10.5. The number of carbonyl (C=O) groups excluding carboxylic acids is 1. The number of carbonyl (C=O) groups is 1. The second kappa shape index (κ2) is 5.52. The van der Waals surface area contributed by atoms with E-state index in [-0.39, 0.29) is 12.5 Å². The Labute approximate surface area is 128 Å². The van der Waals surface area contributed by atoms with Gasteiger partial charge in [0.1, 0.15) is 6.54 Å². The van der Waals surface area contributed by atoms with E-state index >= 15 is 0 Å². The number of nitrogens with one attached hydrogen (secondary N) is 1. The van der Waals surface area contributed by atoms with Gasteiger partial charge >= 0.3 is 0 Å². The van der Waals surface area contributed by atoms with Crippen LogP contribution in [0.25, 0.3) is 10.9 Å². The second-order valence-electron chi connectivity index (χ2n) is 5.42. The van der Waals surface area contributed by atoms with Crippen molar-refractivity contribution in [3.05, 3.63) is 53.7 Å². The molecule has 1 amide bonds. The Balaban J connectivity index is 1.81. The molecule has 0 saturated carbocycles. The Morgan fingerprint density at radius 1 is 1.27 bits per heavy atom. The average molecular weight is 294 g/mol. The number of benzene rings is 2. The van der Waals surface area contributed by atoms with E-state index in [0.29, 0.717) is 5.69 Å². The van der Waals surface area contributed by atoms with Crippen LogP contribution in [0.2, 0.25) is 0 Å². The van der Waals surface area contributed by atoms with Crippen molar-refractivity contribution in [2.75, 3.05) is 11.1 Å². The molecule has 3 aromatic rings. The van der Waals surface area contributed by atoms with Crippen LogP contribution in [0.15, 0.2) is 42.6 Å². The van der Waals surface area contributed by atoms with E-state index in [1.165, 1.54) is 0 Å². The summed E-state index contributed by atoms with van der Waals surface area (Å²) in [4.78, 5) is 12.3. The summed E-state index contributed by atoms with van der Waals surface area (Å²) in [6.07, 6.45) is 1.74. The highest BCUT2D eigenvalue weighted by molar-refractivity contribution is 5.92. The molecule has 3 rings (SSSR count). The molecule has 1 aromatic heterocycles. The van der Waals surface area contributed by atoms with Crippen molar-refractivity contribution in [2.24, 2.45) is 0 Å². The van der Waals surface area contributed by atoms with Crippen molar-refractivity contribution < 1.29 is 4.79 Å². The molecule has 0 bridgehead atoms. The maximum atomic E-state index is 12.3. The molecule has 0 atom stereocenters. The number of nitrogen functional groups attached to an aromatic ring is 1.